The zero-order valence-electron chi connectivity index (χ0n) is 12.1. The van der Waals surface area contributed by atoms with Crippen LogP contribution in [0, 0.1) is 23.7 Å². The molecule has 4 saturated carbocycles. The minimum atomic E-state index is 0.697. The molecule has 1 heterocycles. The molecular formula is C19H20ClN. The number of nitrogens with zero attached hydrogens (tertiary/aromatic N) is 1. The Hall–Kier alpha value is -1.08. The van der Waals surface area contributed by atoms with Gasteiger partial charge in [-0.3, -0.25) is 4.98 Å². The Morgan fingerprint density at radius 2 is 1.62 bits per heavy atom. The Morgan fingerprint density at radius 3 is 2.33 bits per heavy atom. The largest absolute Gasteiger partial charge is 0.260 e. The number of pyridine rings is 1. The molecule has 6 rings (SSSR count). The molecule has 4 aliphatic carbocycles. The standard InChI is InChI=1S/C19H20ClN/c20-16-1-2-17-13(10-16)3-4-21-19(17)18-14-6-11-5-12(8-14)9-15(18)7-11/h1-4,10-12,14-15,18H,5-9H2. The van der Waals surface area contributed by atoms with Crippen molar-refractivity contribution in [3.8, 4) is 0 Å². The molecule has 21 heavy (non-hydrogen) atoms. The van der Waals surface area contributed by atoms with Crippen LogP contribution < -0.4 is 0 Å². The number of halogens is 1. The van der Waals surface area contributed by atoms with E-state index in [0.29, 0.717) is 5.92 Å². The first kappa shape index (κ1) is 12.5. The molecule has 0 unspecified atom stereocenters. The Balaban J connectivity index is 1.64. The second kappa shape index (κ2) is 4.46. The van der Waals surface area contributed by atoms with Crippen LogP contribution in [0.4, 0.5) is 0 Å². The summed E-state index contributed by atoms with van der Waals surface area (Å²) in [5.41, 5.74) is 1.36. The summed E-state index contributed by atoms with van der Waals surface area (Å²) in [5, 5.41) is 3.41. The molecule has 0 N–H and O–H groups in total. The van der Waals surface area contributed by atoms with Gasteiger partial charge in [0.25, 0.3) is 0 Å². The molecule has 1 aromatic heterocycles. The lowest BCUT2D eigenvalue weighted by molar-refractivity contribution is -0.00363. The van der Waals surface area contributed by atoms with Crippen LogP contribution in [-0.2, 0) is 0 Å². The molecule has 2 aromatic rings. The van der Waals surface area contributed by atoms with E-state index >= 15 is 0 Å². The lowest BCUT2D eigenvalue weighted by Crippen LogP contribution is -2.44. The molecule has 1 nitrogen and oxygen atoms in total. The average Bonchev–Trinajstić information content (AvgIpc) is 2.46. The van der Waals surface area contributed by atoms with Crippen molar-refractivity contribution in [2.45, 2.75) is 38.0 Å². The van der Waals surface area contributed by atoms with Gasteiger partial charge < -0.3 is 0 Å². The van der Waals surface area contributed by atoms with Gasteiger partial charge in [0.2, 0.25) is 0 Å². The van der Waals surface area contributed by atoms with Crippen molar-refractivity contribution in [2.75, 3.05) is 0 Å². The fourth-order valence-electron chi connectivity index (χ4n) is 5.81. The topological polar surface area (TPSA) is 12.9 Å². The zero-order valence-corrected chi connectivity index (χ0v) is 12.9. The van der Waals surface area contributed by atoms with Gasteiger partial charge in [-0.15, -0.1) is 0 Å². The number of aromatic nitrogens is 1. The average molecular weight is 298 g/mol. The molecule has 0 aliphatic heterocycles. The lowest BCUT2D eigenvalue weighted by atomic mass is 9.51. The van der Waals surface area contributed by atoms with E-state index in [4.69, 9.17) is 16.6 Å². The van der Waals surface area contributed by atoms with E-state index < -0.39 is 0 Å². The van der Waals surface area contributed by atoms with Crippen LogP contribution in [-0.4, -0.2) is 4.98 Å². The normalized spacial score (nSPS) is 37.3. The third-order valence-corrected chi connectivity index (χ3v) is 6.53. The van der Waals surface area contributed by atoms with Crippen LogP contribution in [0.15, 0.2) is 30.5 Å². The second-order valence-corrected chi connectivity index (χ2v) is 7.95. The zero-order chi connectivity index (χ0) is 14.0. The van der Waals surface area contributed by atoms with Crippen LogP contribution in [0.25, 0.3) is 10.8 Å². The maximum absolute atomic E-state index is 6.16. The van der Waals surface area contributed by atoms with Gasteiger partial charge in [-0.1, -0.05) is 17.7 Å². The van der Waals surface area contributed by atoms with Gasteiger partial charge in [0.05, 0.1) is 5.69 Å². The minimum Gasteiger partial charge on any atom is -0.260 e. The Bertz CT molecular complexity index is 680. The fourth-order valence-corrected chi connectivity index (χ4v) is 5.99. The van der Waals surface area contributed by atoms with Crippen LogP contribution >= 0.6 is 11.6 Å². The van der Waals surface area contributed by atoms with Crippen molar-refractivity contribution >= 4 is 22.4 Å². The molecule has 4 aliphatic rings. The number of hydrogen-bond donors (Lipinski definition) is 0. The van der Waals surface area contributed by atoms with Gasteiger partial charge in [-0.2, -0.15) is 0 Å². The first-order valence-electron chi connectivity index (χ1n) is 8.32. The van der Waals surface area contributed by atoms with Gasteiger partial charge in [-0.25, -0.2) is 0 Å². The van der Waals surface area contributed by atoms with Gasteiger partial charge >= 0.3 is 0 Å². The fraction of sp³-hybridized carbons (Fsp3) is 0.526. The maximum atomic E-state index is 6.16. The molecular weight excluding hydrogens is 278 g/mol. The predicted molar refractivity (Wildman–Crippen MR) is 86.5 cm³/mol. The molecule has 0 amide bonds. The highest BCUT2D eigenvalue weighted by molar-refractivity contribution is 6.31. The second-order valence-electron chi connectivity index (χ2n) is 7.52. The molecule has 4 fully saturated rings. The number of fused-ring (bicyclic) bond motifs is 1. The van der Waals surface area contributed by atoms with E-state index in [0.717, 1.165) is 28.7 Å². The Labute approximate surface area is 130 Å². The summed E-state index contributed by atoms with van der Waals surface area (Å²) in [7, 11) is 0. The van der Waals surface area contributed by atoms with E-state index in [2.05, 4.69) is 18.2 Å². The molecule has 0 saturated heterocycles. The summed E-state index contributed by atoms with van der Waals surface area (Å²) >= 11 is 6.16. The first-order chi connectivity index (χ1) is 10.3. The summed E-state index contributed by atoms with van der Waals surface area (Å²) in [6, 6.07) is 8.38. The molecule has 0 spiro atoms. The van der Waals surface area contributed by atoms with Crippen LogP contribution in [0.3, 0.4) is 0 Å². The SMILES string of the molecule is Clc1ccc2c(C3C4CC5CC(C4)CC3C5)nccc2c1. The first-order valence-corrected chi connectivity index (χ1v) is 8.70. The molecule has 4 bridgehead atoms. The number of rotatable bonds is 1. The monoisotopic (exact) mass is 297 g/mol. The predicted octanol–water partition coefficient (Wildman–Crippen LogP) is 5.43. The van der Waals surface area contributed by atoms with Crippen LogP contribution in [0.5, 0.6) is 0 Å². The van der Waals surface area contributed by atoms with Gasteiger partial charge in [0.1, 0.15) is 0 Å². The minimum absolute atomic E-state index is 0.697. The maximum Gasteiger partial charge on any atom is 0.0518 e. The summed E-state index contributed by atoms with van der Waals surface area (Å²) in [6.45, 7) is 0. The quantitative estimate of drug-likeness (QED) is 0.684. The third kappa shape index (κ3) is 1.86. The van der Waals surface area contributed by atoms with E-state index in [1.807, 2.05) is 12.3 Å². The molecule has 0 radical (unpaired) electrons. The highest BCUT2D eigenvalue weighted by Gasteiger charge is 2.49. The highest BCUT2D eigenvalue weighted by atomic mass is 35.5. The van der Waals surface area contributed by atoms with Gasteiger partial charge in [-0.05, 0) is 79.4 Å². The van der Waals surface area contributed by atoms with E-state index in [1.165, 1.54) is 48.6 Å². The van der Waals surface area contributed by atoms with Gasteiger partial charge in [0.15, 0.2) is 0 Å². The van der Waals surface area contributed by atoms with E-state index in [1.54, 1.807) is 0 Å². The molecule has 2 heteroatoms. The number of hydrogen-bond acceptors (Lipinski definition) is 1. The van der Waals surface area contributed by atoms with Crippen LogP contribution in [0.2, 0.25) is 5.02 Å². The summed E-state index contributed by atoms with van der Waals surface area (Å²) in [4.78, 5) is 4.84. The van der Waals surface area contributed by atoms with Gasteiger partial charge in [0, 0.05) is 22.5 Å². The summed E-state index contributed by atoms with van der Waals surface area (Å²) < 4.78 is 0. The Morgan fingerprint density at radius 1 is 0.905 bits per heavy atom. The smallest absolute Gasteiger partial charge is 0.0518 e. The highest BCUT2D eigenvalue weighted by Crippen LogP contribution is 2.60. The molecule has 108 valence electrons. The van der Waals surface area contributed by atoms with E-state index in [9.17, 15) is 0 Å². The van der Waals surface area contributed by atoms with Crippen molar-refractivity contribution in [2.24, 2.45) is 23.7 Å². The molecule has 0 atom stereocenters. The van der Waals surface area contributed by atoms with Crippen molar-refractivity contribution < 1.29 is 0 Å². The molecule has 1 aromatic carbocycles. The van der Waals surface area contributed by atoms with Crippen molar-refractivity contribution in [3.05, 3.63) is 41.2 Å². The summed E-state index contributed by atoms with van der Waals surface area (Å²) in [5.74, 6) is 4.51. The van der Waals surface area contributed by atoms with E-state index in [-0.39, 0.29) is 0 Å². The third-order valence-electron chi connectivity index (χ3n) is 6.30. The Kier molecular flexibility index (Phi) is 2.65. The van der Waals surface area contributed by atoms with Crippen molar-refractivity contribution in [1.29, 1.82) is 0 Å². The van der Waals surface area contributed by atoms with Crippen molar-refractivity contribution in [3.63, 3.8) is 0 Å². The van der Waals surface area contributed by atoms with Crippen molar-refractivity contribution in [1.82, 2.24) is 4.98 Å². The number of benzene rings is 1. The lowest BCUT2D eigenvalue weighted by Gasteiger charge is -2.54. The summed E-state index contributed by atoms with van der Waals surface area (Å²) in [6.07, 6.45) is 9.29. The van der Waals surface area contributed by atoms with Crippen LogP contribution in [0.1, 0.15) is 43.7 Å².